The van der Waals surface area contributed by atoms with Crippen LogP contribution >= 0.6 is 0 Å². The molecule has 1 aliphatic heterocycles. The molecule has 1 aromatic carbocycles. The number of fused-ring (bicyclic) bond motifs is 1. The maximum atomic E-state index is 13.9. The van der Waals surface area contributed by atoms with Crippen LogP contribution in [0.4, 0.5) is 4.79 Å². The van der Waals surface area contributed by atoms with Gasteiger partial charge in [-0.25, -0.2) is 4.79 Å². The number of rotatable bonds is 9. The van der Waals surface area contributed by atoms with E-state index in [0.717, 1.165) is 11.1 Å². The van der Waals surface area contributed by atoms with Gasteiger partial charge in [-0.1, -0.05) is 57.9 Å². The lowest BCUT2D eigenvalue weighted by Gasteiger charge is -2.32. The third kappa shape index (κ3) is 9.06. The van der Waals surface area contributed by atoms with Gasteiger partial charge in [0.1, 0.15) is 17.7 Å². The minimum atomic E-state index is -1.11. The number of carbonyl (C=O) groups is 5. The maximum absolute atomic E-state index is 13.9. The molecule has 2 aliphatic rings. The molecule has 0 spiro atoms. The first-order valence-electron chi connectivity index (χ1n) is 14.3. The van der Waals surface area contributed by atoms with Gasteiger partial charge < -0.3 is 26.0 Å². The van der Waals surface area contributed by atoms with Crippen LogP contribution in [0, 0.1) is 5.92 Å². The second-order valence-corrected chi connectivity index (χ2v) is 11.5. The lowest BCUT2D eigenvalue weighted by molar-refractivity contribution is -0.142. The van der Waals surface area contributed by atoms with E-state index in [4.69, 9.17) is 10.5 Å². The van der Waals surface area contributed by atoms with Crippen molar-refractivity contribution >= 4 is 29.6 Å². The fourth-order valence-corrected chi connectivity index (χ4v) is 5.12. The minimum absolute atomic E-state index is 0.203. The molecule has 1 fully saturated rings. The fourth-order valence-electron chi connectivity index (χ4n) is 5.12. The Labute approximate surface area is 237 Å². The number of ether oxygens (including phenoxy) is 1. The highest BCUT2D eigenvalue weighted by atomic mass is 16.6. The summed E-state index contributed by atoms with van der Waals surface area (Å²) in [5.74, 6) is -3.05. The van der Waals surface area contributed by atoms with Crippen molar-refractivity contribution in [3.05, 3.63) is 35.4 Å². The van der Waals surface area contributed by atoms with Gasteiger partial charge in [-0.05, 0) is 69.9 Å². The highest BCUT2D eigenvalue weighted by Crippen LogP contribution is 2.31. The number of likely N-dealkylation sites (tertiary alicyclic amines) is 1. The molecule has 10 heteroatoms. The number of amides is 4. The number of nitrogens with two attached hydrogens (primary N) is 1. The Morgan fingerprint density at radius 3 is 2.10 bits per heavy atom. The third-order valence-corrected chi connectivity index (χ3v) is 6.78. The van der Waals surface area contributed by atoms with Crippen molar-refractivity contribution in [1.82, 2.24) is 15.5 Å². The van der Waals surface area contributed by atoms with Crippen LogP contribution in [0.1, 0.15) is 84.8 Å². The number of alkyl carbamates (subject to hydrolysis) is 1. The summed E-state index contributed by atoms with van der Waals surface area (Å²) in [6.07, 6.45) is 3.59. The summed E-state index contributed by atoms with van der Waals surface area (Å²) in [5.41, 5.74) is 6.66. The fraction of sp³-hybridized carbons (Fsp3) is 0.633. The summed E-state index contributed by atoms with van der Waals surface area (Å²) in [5, 5.41) is 5.41. The number of benzene rings is 1. The second kappa shape index (κ2) is 14.8. The molecule has 1 heterocycles. The number of Topliss-reactive ketones (excluding diaryl/α,β-unsaturated/α-hetero) is 1. The highest BCUT2D eigenvalue weighted by Gasteiger charge is 2.43. The van der Waals surface area contributed by atoms with Crippen LogP contribution in [0.15, 0.2) is 24.3 Å². The van der Waals surface area contributed by atoms with Gasteiger partial charge in [-0.2, -0.15) is 0 Å². The van der Waals surface area contributed by atoms with Crippen LogP contribution < -0.4 is 16.4 Å². The molecule has 3 atom stereocenters. The maximum Gasteiger partial charge on any atom is 0.408 e. The zero-order valence-corrected chi connectivity index (χ0v) is 24.7. The lowest BCUT2D eigenvalue weighted by Crippen LogP contribution is -2.58. The van der Waals surface area contributed by atoms with E-state index >= 15 is 0 Å². The molecule has 0 saturated carbocycles. The highest BCUT2D eigenvalue weighted by molar-refractivity contribution is 6.37. The van der Waals surface area contributed by atoms with Gasteiger partial charge in [0.05, 0.1) is 6.04 Å². The summed E-state index contributed by atoms with van der Waals surface area (Å²) < 4.78 is 5.44. The largest absolute Gasteiger partial charge is 0.444 e. The molecule has 4 N–H and O–H groups in total. The first kappa shape index (κ1) is 32.8. The molecule has 0 radical (unpaired) electrons. The average molecular weight is 559 g/mol. The molecule has 10 nitrogen and oxygen atoms in total. The van der Waals surface area contributed by atoms with Crippen molar-refractivity contribution in [2.45, 2.75) is 110 Å². The quantitative estimate of drug-likeness (QED) is 0.397. The number of ketones is 1. The zero-order valence-electron chi connectivity index (χ0n) is 24.7. The van der Waals surface area contributed by atoms with Crippen molar-refractivity contribution in [3.8, 4) is 0 Å². The van der Waals surface area contributed by atoms with Crippen molar-refractivity contribution in [3.63, 3.8) is 0 Å². The molecule has 1 aromatic rings. The number of nitrogens with zero attached hydrogens (tertiary/aromatic N) is 1. The van der Waals surface area contributed by atoms with E-state index in [1.54, 1.807) is 20.8 Å². The zero-order chi connectivity index (χ0) is 30.0. The third-order valence-electron chi connectivity index (χ3n) is 6.78. The number of carbonyl (C=O) groups excluding carboxylic acids is 5. The van der Waals surface area contributed by atoms with Crippen LogP contribution in [0.3, 0.4) is 0 Å². The molecule has 40 heavy (non-hydrogen) atoms. The Balaban J connectivity index is 0.00000178. The lowest BCUT2D eigenvalue weighted by atomic mass is 9.95. The first-order chi connectivity index (χ1) is 18.8. The van der Waals surface area contributed by atoms with E-state index in [1.807, 2.05) is 31.2 Å². The van der Waals surface area contributed by atoms with E-state index in [9.17, 15) is 24.0 Å². The smallest absolute Gasteiger partial charge is 0.408 e. The summed E-state index contributed by atoms with van der Waals surface area (Å²) in [6, 6.07) is 5.17. The predicted octanol–water partition coefficient (Wildman–Crippen LogP) is 3.04. The van der Waals surface area contributed by atoms with Crippen LogP contribution in [-0.4, -0.2) is 64.8 Å². The van der Waals surface area contributed by atoms with Crippen molar-refractivity contribution in [1.29, 1.82) is 0 Å². The standard InChI is InChI=1S/C27H38N4O6.C3H8/c1-5-9-19(22(32)23(28)33)29-24(34)20-12-8-13-31(20)25(35)21(30-26(36)37-27(2,3)4)18-14-16-10-6-7-11-17(16)15-18;1-3-2/h6-7,10-11,18-21H,5,8-9,12-15H2,1-4H3,(H2,28,33)(H,29,34)(H,30,36);3H2,1-2H3. The molecule has 3 unspecified atom stereocenters. The summed E-state index contributed by atoms with van der Waals surface area (Å²) in [6.45, 7) is 11.7. The van der Waals surface area contributed by atoms with Gasteiger partial charge in [0, 0.05) is 6.54 Å². The van der Waals surface area contributed by atoms with Crippen molar-refractivity contribution in [2.24, 2.45) is 11.7 Å². The summed E-state index contributed by atoms with van der Waals surface area (Å²) in [7, 11) is 0. The van der Waals surface area contributed by atoms with E-state index in [0.29, 0.717) is 38.6 Å². The monoisotopic (exact) mass is 558 g/mol. The summed E-state index contributed by atoms with van der Waals surface area (Å²) in [4.78, 5) is 64.9. The van der Waals surface area contributed by atoms with E-state index in [2.05, 4.69) is 24.5 Å². The summed E-state index contributed by atoms with van der Waals surface area (Å²) >= 11 is 0. The van der Waals surface area contributed by atoms with Gasteiger partial charge in [0.15, 0.2) is 0 Å². The first-order valence-corrected chi connectivity index (χ1v) is 14.3. The number of hydrogen-bond acceptors (Lipinski definition) is 6. The number of primary amides is 1. The van der Waals surface area contributed by atoms with Crippen LogP contribution in [0.2, 0.25) is 0 Å². The molecule has 3 rings (SSSR count). The van der Waals surface area contributed by atoms with Gasteiger partial charge >= 0.3 is 6.09 Å². The van der Waals surface area contributed by atoms with Crippen molar-refractivity contribution < 1.29 is 28.7 Å². The van der Waals surface area contributed by atoms with E-state index < -0.39 is 47.4 Å². The molecular weight excluding hydrogens is 512 g/mol. The molecule has 1 saturated heterocycles. The van der Waals surface area contributed by atoms with E-state index in [-0.39, 0.29) is 18.2 Å². The Morgan fingerprint density at radius 1 is 1.02 bits per heavy atom. The molecule has 222 valence electrons. The second-order valence-electron chi connectivity index (χ2n) is 11.5. The van der Waals surface area contributed by atoms with Crippen LogP contribution in [0.5, 0.6) is 0 Å². The number of hydrogen-bond donors (Lipinski definition) is 3. The molecule has 1 aliphatic carbocycles. The van der Waals surface area contributed by atoms with Crippen LogP contribution in [-0.2, 0) is 36.8 Å². The average Bonchev–Trinajstić information content (AvgIpc) is 3.53. The SMILES string of the molecule is CCC.CCCC(NC(=O)C1CCCN1C(=O)C(NC(=O)OC(C)(C)C)C1Cc2ccccc2C1)C(=O)C(N)=O. The van der Waals surface area contributed by atoms with Gasteiger partial charge in [0.2, 0.25) is 17.6 Å². The predicted molar refractivity (Wildman–Crippen MR) is 152 cm³/mol. The molecular formula is C30H46N4O6. The molecule has 0 bridgehead atoms. The van der Waals surface area contributed by atoms with Crippen molar-refractivity contribution in [2.75, 3.05) is 6.54 Å². The van der Waals surface area contributed by atoms with Gasteiger partial charge in [-0.3, -0.25) is 19.2 Å². The molecule has 0 aromatic heterocycles. The normalized spacial score (nSPS) is 18.1. The van der Waals surface area contributed by atoms with Gasteiger partial charge in [0.25, 0.3) is 5.91 Å². The Hall–Kier alpha value is -3.43. The Kier molecular flexibility index (Phi) is 12.1. The Morgan fingerprint density at radius 2 is 1.60 bits per heavy atom. The van der Waals surface area contributed by atoms with Gasteiger partial charge in [-0.15, -0.1) is 0 Å². The topological polar surface area (TPSA) is 148 Å². The molecule has 4 amide bonds. The van der Waals surface area contributed by atoms with Crippen LogP contribution in [0.25, 0.3) is 0 Å². The minimum Gasteiger partial charge on any atom is -0.444 e. The number of nitrogens with one attached hydrogen (secondary N) is 2. The Bertz CT molecular complexity index is 1040. The van der Waals surface area contributed by atoms with E-state index in [1.165, 1.54) is 11.3 Å².